The number of aromatic nitrogens is 2. The maximum atomic E-state index is 13.2. The molecule has 1 aliphatic rings. The van der Waals surface area contributed by atoms with Crippen LogP contribution in [0.1, 0.15) is 37.5 Å². The maximum Gasteiger partial charge on any atom is 0.231 e. The molecule has 2 aromatic rings. The Labute approximate surface area is 127 Å². The zero-order chi connectivity index (χ0) is 14.8. The Balaban J connectivity index is 1.86. The second-order valence-electron chi connectivity index (χ2n) is 5.37. The number of nitrogens with one attached hydrogen (secondary N) is 1. The first kappa shape index (κ1) is 14.5. The molecular weight excluding hydrogens is 293 g/mol. The van der Waals surface area contributed by atoms with E-state index in [2.05, 4.69) is 15.5 Å². The lowest BCUT2D eigenvalue weighted by Gasteiger charge is -2.28. The molecule has 1 aromatic carbocycles. The van der Waals surface area contributed by atoms with Crippen molar-refractivity contribution in [3.05, 3.63) is 34.9 Å². The van der Waals surface area contributed by atoms with Crippen LogP contribution in [0.3, 0.4) is 0 Å². The van der Waals surface area contributed by atoms with Gasteiger partial charge in [-0.05, 0) is 38.1 Å². The van der Waals surface area contributed by atoms with Crippen LogP contribution < -0.4 is 5.32 Å². The Hall–Kier alpha value is -1.46. The zero-order valence-corrected chi connectivity index (χ0v) is 12.5. The summed E-state index contributed by atoms with van der Waals surface area (Å²) in [6.45, 7) is 0. The monoisotopic (exact) mass is 309 g/mol. The Morgan fingerprint density at radius 1 is 1.33 bits per heavy atom. The molecule has 2 atom stereocenters. The maximum absolute atomic E-state index is 13.2. The molecule has 0 saturated heterocycles. The van der Waals surface area contributed by atoms with Crippen molar-refractivity contribution in [2.45, 2.75) is 37.6 Å². The highest BCUT2D eigenvalue weighted by Gasteiger charge is 2.30. The second kappa shape index (κ2) is 6.12. The van der Waals surface area contributed by atoms with E-state index in [4.69, 9.17) is 16.1 Å². The van der Waals surface area contributed by atoms with Crippen LogP contribution >= 0.6 is 11.6 Å². The summed E-state index contributed by atoms with van der Waals surface area (Å²) in [4.78, 5) is 4.47. The predicted molar refractivity (Wildman–Crippen MR) is 78.8 cm³/mol. The molecule has 0 bridgehead atoms. The third kappa shape index (κ3) is 2.94. The zero-order valence-electron chi connectivity index (χ0n) is 11.8. The lowest BCUT2D eigenvalue weighted by Crippen LogP contribution is -2.34. The van der Waals surface area contributed by atoms with E-state index in [0.29, 0.717) is 23.3 Å². The SMILES string of the molecule is CNC1CCCCC1c1nc(-c2ccc(F)c(Cl)c2)no1. The highest BCUT2D eigenvalue weighted by Crippen LogP contribution is 2.33. The van der Waals surface area contributed by atoms with Crippen LogP contribution in [0.15, 0.2) is 22.7 Å². The van der Waals surface area contributed by atoms with Gasteiger partial charge in [-0.15, -0.1) is 0 Å². The second-order valence-corrected chi connectivity index (χ2v) is 5.78. The highest BCUT2D eigenvalue weighted by molar-refractivity contribution is 6.31. The molecule has 4 nitrogen and oxygen atoms in total. The van der Waals surface area contributed by atoms with Gasteiger partial charge in [0.05, 0.1) is 10.9 Å². The minimum atomic E-state index is -0.452. The van der Waals surface area contributed by atoms with Crippen molar-refractivity contribution >= 4 is 11.6 Å². The van der Waals surface area contributed by atoms with Crippen LogP contribution in [-0.4, -0.2) is 23.2 Å². The van der Waals surface area contributed by atoms with E-state index >= 15 is 0 Å². The van der Waals surface area contributed by atoms with Crippen molar-refractivity contribution in [2.75, 3.05) is 7.05 Å². The topological polar surface area (TPSA) is 51.0 Å². The van der Waals surface area contributed by atoms with Gasteiger partial charge in [-0.3, -0.25) is 0 Å². The number of halogens is 2. The first-order valence-corrected chi connectivity index (χ1v) is 7.53. The first-order valence-electron chi connectivity index (χ1n) is 7.15. The average Bonchev–Trinajstić information content (AvgIpc) is 2.99. The molecule has 1 N–H and O–H groups in total. The minimum Gasteiger partial charge on any atom is -0.339 e. The summed E-state index contributed by atoms with van der Waals surface area (Å²) in [7, 11) is 1.96. The fourth-order valence-electron chi connectivity index (χ4n) is 2.91. The molecule has 2 unspecified atom stereocenters. The van der Waals surface area contributed by atoms with Gasteiger partial charge >= 0.3 is 0 Å². The van der Waals surface area contributed by atoms with Gasteiger partial charge in [0.1, 0.15) is 5.82 Å². The van der Waals surface area contributed by atoms with Gasteiger partial charge in [0.15, 0.2) is 0 Å². The van der Waals surface area contributed by atoms with Crippen LogP contribution in [0.2, 0.25) is 5.02 Å². The number of hydrogen-bond acceptors (Lipinski definition) is 4. The molecule has 0 spiro atoms. The molecule has 1 aromatic heterocycles. The fraction of sp³-hybridized carbons (Fsp3) is 0.467. The number of rotatable bonds is 3. The molecule has 21 heavy (non-hydrogen) atoms. The summed E-state index contributed by atoms with van der Waals surface area (Å²) in [5.41, 5.74) is 0.660. The van der Waals surface area contributed by atoms with Crippen molar-refractivity contribution in [1.29, 1.82) is 0 Å². The number of benzene rings is 1. The van der Waals surface area contributed by atoms with E-state index in [0.717, 1.165) is 12.8 Å². The molecule has 1 aliphatic carbocycles. The summed E-state index contributed by atoms with van der Waals surface area (Å²) >= 11 is 5.79. The van der Waals surface area contributed by atoms with Gasteiger partial charge < -0.3 is 9.84 Å². The molecule has 0 radical (unpaired) electrons. The molecule has 0 aliphatic heterocycles. The van der Waals surface area contributed by atoms with E-state index in [9.17, 15) is 4.39 Å². The van der Waals surface area contributed by atoms with Gasteiger partial charge in [0.2, 0.25) is 11.7 Å². The van der Waals surface area contributed by atoms with Crippen molar-refractivity contribution in [3.63, 3.8) is 0 Å². The smallest absolute Gasteiger partial charge is 0.231 e. The van der Waals surface area contributed by atoms with E-state index in [-0.39, 0.29) is 10.9 Å². The molecule has 0 amide bonds. The fourth-order valence-corrected chi connectivity index (χ4v) is 3.09. The molecule has 1 heterocycles. The average molecular weight is 310 g/mol. The first-order chi connectivity index (χ1) is 10.2. The van der Waals surface area contributed by atoms with Gasteiger partial charge in [0, 0.05) is 11.6 Å². The van der Waals surface area contributed by atoms with Gasteiger partial charge in [-0.25, -0.2) is 4.39 Å². The van der Waals surface area contributed by atoms with Crippen molar-refractivity contribution in [3.8, 4) is 11.4 Å². The molecule has 1 fully saturated rings. The molecule has 1 saturated carbocycles. The normalized spacial score (nSPS) is 22.4. The van der Waals surface area contributed by atoms with Crippen molar-refractivity contribution in [1.82, 2.24) is 15.5 Å². The lowest BCUT2D eigenvalue weighted by atomic mass is 9.84. The molecular formula is C15H17ClFN3O. The standard InChI is InChI=1S/C15H17ClFN3O/c1-18-13-5-3-2-4-10(13)15-19-14(20-21-15)9-6-7-12(17)11(16)8-9/h6-8,10,13,18H,2-5H2,1H3. The lowest BCUT2D eigenvalue weighted by molar-refractivity contribution is 0.270. The van der Waals surface area contributed by atoms with E-state index in [1.807, 2.05) is 7.05 Å². The van der Waals surface area contributed by atoms with Crippen LogP contribution in [0.5, 0.6) is 0 Å². The Morgan fingerprint density at radius 2 is 2.14 bits per heavy atom. The Morgan fingerprint density at radius 3 is 2.90 bits per heavy atom. The summed E-state index contributed by atoms with van der Waals surface area (Å²) in [6, 6.07) is 4.79. The molecule has 3 rings (SSSR count). The van der Waals surface area contributed by atoms with E-state index in [1.165, 1.54) is 25.0 Å². The minimum absolute atomic E-state index is 0.0598. The van der Waals surface area contributed by atoms with Crippen molar-refractivity contribution < 1.29 is 8.91 Å². The predicted octanol–water partition coefficient (Wildman–Crippen LogP) is 3.77. The molecule has 112 valence electrons. The van der Waals surface area contributed by atoms with Gasteiger partial charge in [-0.1, -0.05) is 29.6 Å². The van der Waals surface area contributed by atoms with E-state index < -0.39 is 5.82 Å². The number of likely N-dealkylation sites (N-methyl/N-ethyl adjacent to an activating group) is 1. The largest absolute Gasteiger partial charge is 0.339 e. The molecule has 6 heteroatoms. The quantitative estimate of drug-likeness (QED) is 0.937. The third-order valence-corrected chi connectivity index (χ3v) is 4.36. The number of hydrogen-bond donors (Lipinski definition) is 1. The van der Waals surface area contributed by atoms with Crippen LogP contribution in [0.25, 0.3) is 11.4 Å². The third-order valence-electron chi connectivity index (χ3n) is 4.07. The number of nitrogens with zero attached hydrogens (tertiary/aromatic N) is 2. The van der Waals surface area contributed by atoms with Gasteiger partial charge in [-0.2, -0.15) is 4.98 Å². The van der Waals surface area contributed by atoms with Crippen LogP contribution in [0.4, 0.5) is 4.39 Å². The van der Waals surface area contributed by atoms with E-state index in [1.54, 1.807) is 6.07 Å². The summed E-state index contributed by atoms with van der Waals surface area (Å²) in [5, 5.41) is 7.39. The Bertz CT molecular complexity index is 631. The van der Waals surface area contributed by atoms with Gasteiger partial charge in [0.25, 0.3) is 0 Å². The summed E-state index contributed by atoms with van der Waals surface area (Å²) < 4.78 is 18.6. The summed E-state index contributed by atoms with van der Waals surface area (Å²) in [6.07, 6.45) is 4.54. The summed E-state index contributed by atoms with van der Waals surface area (Å²) in [5.74, 6) is 0.879. The highest BCUT2D eigenvalue weighted by atomic mass is 35.5. The van der Waals surface area contributed by atoms with Crippen molar-refractivity contribution in [2.24, 2.45) is 0 Å². The Kier molecular flexibility index (Phi) is 4.22. The van der Waals surface area contributed by atoms with Crippen LogP contribution in [-0.2, 0) is 0 Å². The van der Waals surface area contributed by atoms with Crippen LogP contribution in [0, 0.1) is 5.82 Å².